The molecule has 0 unspecified atom stereocenters. The number of aryl methyl sites for hydroxylation is 1. The highest BCUT2D eigenvalue weighted by atomic mass is 19.1. The largest absolute Gasteiger partial charge is 0.335 e. The molecule has 2 aromatic carbocycles. The number of halogens is 2. The lowest BCUT2D eigenvalue weighted by Gasteiger charge is -2.34. The van der Waals surface area contributed by atoms with Gasteiger partial charge in [-0.2, -0.15) is 0 Å². The third-order valence-electron chi connectivity index (χ3n) is 4.38. The average Bonchev–Trinajstić information content (AvgIpc) is 2.64. The number of hydrogen-bond acceptors (Lipinski definition) is 2. The quantitative estimate of drug-likeness (QED) is 0.895. The molecule has 0 bridgehead atoms. The third-order valence-corrected chi connectivity index (χ3v) is 4.38. The second-order valence-corrected chi connectivity index (χ2v) is 6.18. The summed E-state index contributed by atoms with van der Waals surface area (Å²) < 4.78 is 26.1. The van der Waals surface area contributed by atoms with E-state index in [0.29, 0.717) is 43.0 Å². The maximum Gasteiger partial charge on any atom is 0.321 e. The SMILES string of the molecule is Cc1cc(F)ccc1NC(=O)N1CCN(C(=O)c2ccc(F)cc2)CC1. The van der Waals surface area contributed by atoms with Crippen LogP contribution in [0.2, 0.25) is 0 Å². The summed E-state index contributed by atoms with van der Waals surface area (Å²) in [6.07, 6.45) is 0. The molecule has 1 saturated heterocycles. The summed E-state index contributed by atoms with van der Waals surface area (Å²) in [5.74, 6) is -0.924. The van der Waals surface area contributed by atoms with Crippen LogP contribution in [0.5, 0.6) is 0 Å². The lowest BCUT2D eigenvalue weighted by atomic mass is 10.2. The fourth-order valence-electron chi connectivity index (χ4n) is 2.85. The first-order valence-corrected chi connectivity index (χ1v) is 8.31. The van der Waals surface area contributed by atoms with Gasteiger partial charge in [0.15, 0.2) is 0 Å². The zero-order valence-electron chi connectivity index (χ0n) is 14.3. The van der Waals surface area contributed by atoms with Gasteiger partial charge in [-0.05, 0) is 55.0 Å². The van der Waals surface area contributed by atoms with E-state index >= 15 is 0 Å². The van der Waals surface area contributed by atoms with Crippen LogP contribution >= 0.6 is 0 Å². The van der Waals surface area contributed by atoms with Gasteiger partial charge in [0.2, 0.25) is 0 Å². The second kappa shape index (κ2) is 7.51. The Labute approximate surface area is 150 Å². The van der Waals surface area contributed by atoms with Crippen molar-refractivity contribution in [3.05, 3.63) is 65.2 Å². The van der Waals surface area contributed by atoms with Crippen molar-refractivity contribution in [2.24, 2.45) is 0 Å². The Kier molecular flexibility index (Phi) is 5.16. The number of benzene rings is 2. The minimum atomic E-state index is -0.390. The Morgan fingerprint density at radius 2 is 1.46 bits per heavy atom. The smallest absolute Gasteiger partial charge is 0.321 e. The van der Waals surface area contributed by atoms with Crippen LogP contribution in [0.3, 0.4) is 0 Å². The zero-order chi connectivity index (χ0) is 18.7. The Hall–Kier alpha value is -2.96. The highest BCUT2D eigenvalue weighted by molar-refractivity contribution is 5.94. The van der Waals surface area contributed by atoms with Crippen molar-refractivity contribution in [1.29, 1.82) is 0 Å². The van der Waals surface area contributed by atoms with E-state index in [4.69, 9.17) is 0 Å². The maximum absolute atomic E-state index is 13.1. The number of piperazine rings is 1. The van der Waals surface area contributed by atoms with E-state index in [0.717, 1.165) is 0 Å². The molecule has 1 heterocycles. The van der Waals surface area contributed by atoms with Crippen molar-refractivity contribution in [3.63, 3.8) is 0 Å². The van der Waals surface area contributed by atoms with Crippen LogP contribution < -0.4 is 5.32 Å². The molecule has 7 heteroatoms. The Morgan fingerprint density at radius 3 is 2.08 bits per heavy atom. The topological polar surface area (TPSA) is 52.7 Å². The summed E-state index contributed by atoms with van der Waals surface area (Å²) in [7, 11) is 0. The van der Waals surface area contributed by atoms with Gasteiger partial charge in [0, 0.05) is 37.4 Å². The van der Waals surface area contributed by atoms with E-state index in [9.17, 15) is 18.4 Å². The first-order valence-electron chi connectivity index (χ1n) is 8.31. The van der Waals surface area contributed by atoms with Crippen molar-refractivity contribution < 1.29 is 18.4 Å². The zero-order valence-corrected chi connectivity index (χ0v) is 14.3. The number of hydrogen-bond donors (Lipinski definition) is 1. The number of urea groups is 1. The van der Waals surface area contributed by atoms with Crippen LogP contribution in [0.25, 0.3) is 0 Å². The monoisotopic (exact) mass is 359 g/mol. The van der Waals surface area contributed by atoms with E-state index in [1.807, 2.05) is 0 Å². The van der Waals surface area contributed by atoms with Gasteiger partial charge < -0.3 is 15.1 Å². The molecule has 3 rings (SSSR count). The molecule has 0 aromatic heterocycles. The van der Waals surface area contributed by atoms with Crippen molar-refractivity contribution in [1.82, 2.24) is 9.80 Å². The van der Waals surface area contributed by atoms with E-state index in [2.05, 4.69) is 5.32 Å². The molecule has 136 valence electrons. The standard InChI is InChI=1S/C19H19F2N3O2/c1-13-12-16(21)6-7-17(13)22-19(26)24-10-8-23(9-11-24)18(25)14-2-4-15(20)5-3-14/h2-7,12H,8-11H2,1H3,(H,22,26). The normalized spacial score (nSPS) is 14.3. The van der Waals surface area contributed by atoms with Crippen LogP contribution in [-0.2, 0) is 0 Å². The summed E-state index contributed by atoms with van der Waals surface area (Å²) in [6.45, 7) is 3.29. The van der Waals surface area contributed by atoms with E-state index in [1.165, 1.54) is 42.5 Å². The molecule has 1 N–H and O–H groups in total. The average molecular weight is 359 g/mol. The number of carbonyl (C=O) groups is 2. The van der Waals surface area contributed by atoms with Crippen LogP contribution in [0, 0.1) is 18.6 Å². The highest BCUT2D eigenvalue weighted by Crippen LogP contribution is 2.17. The van der Waals surface area contributed by atoms with Crippen molar-refractivity contribution in [2.45, 2.75) is 6.92 Å². The van der Waals surface area contributed by atoms with E-state index in [-0.39, 0.29) is 23.6 Å². The van der Waals surface area contributed by atoms with Gasteiger partial charge in [-0.3, -0.25) is 4.79 Å². The van der Waals surface area contributed by atoms with Gasteiger partial charge in [-0.1, -0.05) is 0 Å². The number of anilines is 1. The Balaban J connectivity index is 1.56. The third kappa shape index (κ3) is 3.99. The van der Waals surface area contributed by atoms with Gasteiger partial charge in [0.05, 0.1) is 0 Å². The van der Waals surface area contributed by atoms with Crippen LogP contribution in [0.15, 0.2) is 42.5 Å². The molecule has 0 radical (unpaired) electrons. The minimum absolute atomic E-state index is 0.181. The van der Waals surface area contributed by atoms with E-state index in [1.54, 1.807) is 16.7 Å². The predicted octanol–water partition coefficient (Wildman–Crippen LogP) is 3.26. The number of carbonyl (C=O) groups excluding carboxylic acids is 2. The van der Waals surface area contributed by atoms with Crippen molar-refractivity contribution in [3.8, 4) is 0 Å². The Morgan fingerprint density at radius 1 is 0.885 bits per heavy atom. The summed E-state index contributed by atoms with van der Waals surface area (Å²) in [5, 5.41) is 2.76. The first-order chi connectivity index (χ1) is 12.4. The summed E-state index contributed by atoms with van der Waals surface area (Å²) in [6, 6.07) is 9.30. The molecule has 0 spiro atoms. The summed E-state index contributed by atoms with van der Waals surface area (Å²) in [5.41, 5.74) is 1.62. The number of nitrogens with zero attached hydrogens (tertiary/aromatic N) is 2. The number of amides is 3. The van der Waals surface area contributed by atoms with E-state index < -0.39 is 0 Å². The fraction of sp³-hybridized carbons (Fsp3) is 0.263. The van der Waals surface area contributed by atoms with Crippen molar-refractivity contribution in [2.75, 3.05) is 31.5 Å². The van der Waals surface area contributed by atoms with Crippen LogP contribution in [0.1, 0.15) is 15.9 Å². The molecular weight excluding hydrogens is 340 g/mol. The molecule has 2 aromatic rings. The van der Waals surface area contributed by atoms with Gasteiger partial charge in [0.25, 0.3) is 5.91 Å². The lowest BCUT2D eigenvalue weighted by molar-refractivity contribution is 0.0671. The second-order valence-electron chi connectivity index (χ2n) is 6.18. The van der Waals surface area contributed by atoms with Gasteiger partial charge >= 0.3 is 6.03 Å². The minimum Gasteiger partial charge on any atom is -0.335 e. The lowest BCUT2D eigenvalue weighted by Crippen LogP contribution is -2.51. The molecule has 0 atom stereocenters. The number of nitrogens with one attached hydrogen (secondary N) is 1. The maximum atomic E-state index is 13.1. The predicted molar refractivity (Wildman–Crippen MR) is 94.0 cm³/mol. The summed E-state index contributed by atoms with van der Waals surface area (Å²) >= 11 is 0. The van der Waals surface area contributed by atoms with Crippen LogP contribution in [0.4, 0.5) is 19.3 Å². The molecule has 0 aliphatic carbocycles. The van der Waals surface area contributed by atoms with Gasteiger partial charge in [-0.25, -0.2) is 13.6 Å². The molecule has 1 aliphatic rings. The summed E-state index contributed by atoms with van der Waals surface area (Å²) in [4.78, 5) is 28.0. The molecule has 3 amide bonds. The molecule has 26 heavy (non-hydrogen) atoms. The molecule has 1 fully saturated rings. The number of rotatable bonds is 2. The Bertz CT molecular complexity index is 816. The first kappa shape index (κ1) is 17.8. The van der Waals surface area contributed by atoms with Gasteiger partial charge in [-0.15, -0.1) is 0 Å². The van der Waals surface area contributed by atoms with Gasteiger partial charge in [0.1, 0.15) is 11.6 Å². The van der Waals surface area contributed by atoms with Crippen molar-refractivity contribution >= 4 is 17.6 Å². The molecule has 1 aliphatic heterocycles. The highest BCUT2D eigenvalue weighted by Gasteiger charge is 2.25. The fourth-order valence-corrected chi connectivity index (χ4v) is 2.85. The molecular formula is C19H19F2N3O2. The molecule has 5 nitrogen and oxygen atoms in total. The van der Waals surface area contributed by atoms with Crippen LogP contribution in [-0.4, -0.2) is 47.9 Å². The molecule has 0 saturated carbocycles.